The molecule has 6 heteroatoms. The topological polar surface area (TPSA) is 82.5 Å². The van der Waals surface area contributed by atoms with Crippen LogP contribution >= 0.6 is 11.3 Å². The summed E-state index contributed by atoms with van der Waals surface area (Å²) in [6, 6.07) is 7.12. The zero-order valence-electron chi connectivity index (χ0n) is 17.6. The number of Topliss-reactive ketones (excluding diaryl/α,β-unsaturated/α-hetero) is 1. The van der Waals surface area contributed by atoms with Crippen LogP contribution in [-0.2, 0) is 10.2 Å². The number of carbonyl (C=O) groups excluding carboxylic acids is 1. The Morgan fingerprint density at radius 3 is 2.50 bits per heavy atom. The minimum Gasteiger partial charge on any atom is -0.500 e. The fraction of sp³-hybridized carbons (Fsp3) is 0.333. The van der Waals surface area contributed by atoms with E-state index in [0.717, 1.165) is 15.6 Å². The minimum absolute atomic E-state index is 0.142. The number of allylic oxidation sites excluding steroid dienone is 2. The number of thiophene rings is 1. The number of benzene rings is 1. The summed E-state index contributed by atoms with van der Waals surface area (Å²) >= 11 is 1.54. The van der Waals surface area contributed by atoms with Crippen molar-refractivity contribution in [3.8, 4) is 11.3 Å². The number of methoxy groups -OCH3 is 1. The Kier molecular flexibility index (Phi) is 5.06. The maximum absolute atomic E-state index is 13.2. The summed E-state index contributed by atoms with van der Waals surface area (Å²) in [5.41, 5.74) is 7.17. The van der Waals surface area contributed by atoms with Gasteiger partial charge < -0.3 is 14.9 Å². The summed E-state index contributed by atoms with van der Waals surface area (Å²) in [6.45, 7) is 5.97. The number of carbonyl (C=O) groups is 1. The van der Waals surface area contributed by atoms with Crippen LogP contribution < -0.4 is 11.2 Å². The van der Waals surface area contributed by atoms with Crippen LogP contribution in [0, 0.1) is 0 Å². The van der Waals surface area contributed by atoms with E-state index in [9.17, 15) is 9.59 Å². The molecular formula is C24H25NO4S. The summed E-state index contributed by atoms with van der Waals surface area (Å²) in [7, 11) is 1.59. The Morgan fingerprint density at radius 1 is 1.13 bits per heavy atom. The van der Waals surface area contributed by atoms with Crippen LogP contribution in [0.25, 0.3) is 21.4 Å². The average molecular weight is 424 g/mol. The molecule has 0 saturated heterocycles. The summed E-state index contributed by atoms with van der Waals surface area (Å²) in [6.07, 6.45) is 1.81. The molecule has 0 amide bonds. The zero-order valence-corrected chi connectivity index (χ0v) is 18.4. The highest BCUT2D eigenvalue weighted by Crippen LogP contribution is 2.47. The van der Waals surface area contributed by atoms with Gasteiger partial charge in [-0.1, -0.05) is 26.8 Å². The van der Waals surface area contributed by atoms with Gasteiger partial charge in [0.25, 0.3) is 0 Å². The van der Waals surface area contributed by atoms with Crippen LogP contribution in [0.3, 0.4) is 0 Å². The third-order valence-corrected chi connectivity index (χ3v) is 7.17. The number of hydrogen-bond donors (Lipinski definition) is 1. The lowest BCUT2D eigenvalue weighted by Crippen LogP contribution is -2.39. The van der Waals surface area contributed by atoms with Crippen molar-refractivity contribution >= 4 is 32.9 Å². The number of hydrogen-bond acceptors (Lipinski definition) is 6. The quantitative estimate of drug-likeness (QED) is 0.535. The molecule has 0 aliphatic heterocycles. The van der Waals surface area contributed by atoms with Crippen LogP contribution in [0.2, 0.25) is 0 Å². The molecule has 0 radical (unpaired) electrons. The lowest BCUT2D eigenvalue weighted by Gasteiger charge is -2.37. The molecule has 1 aliphatic rings. The number of anilines is 1. The summed E-state index contributed by atoms with van der Waals surface area (Å²) in [4.78, 5) is 26.4. The van der Waals surface area contributed by atoms with Gasteiger partial charge in [-0.15, -0.1) is 11.3 Å². The molecule has 5 nitrogen and oxygen atoms in total. The van der Waals surface area contributed by atoms with Gasteiger partial charge in [0.15, 0.2) is 11.2 Å². The van der Waals surface area contributed by atoms with E-state index in [-0.39, 0.29) is 16.8 Å². The van der Waals surface area contributed by atoms with Crippen molar-refractivity contribution in [2.45, 2.75) is 45.4 Å². The molecule has 0 bridgehead atoms. The predicted octanol–water partition coefficient (Wildman–Crippen LogP) is 5.67. The van der Waals surface area contributed by atoms with Crippen molar-refractivity contribution in [2.24, 2.45) is 0 Å². The Labute approximate surface area is 179 Å². The lowest BCUT2D eigenvalue weighted by molar-refractivity contribution is 0.0975. The number of nitrogen functional groups attached to an aromatic ring is 1. The Hall–Kier alpha value is -2.86. The number of nitrogens with two attached hydrogens (primary N) is 1. The first kappa shape index (κ1) is 20.4. The van der Waals surface area contributed by atoms with Gasteiger partial charge in [0.2, 0.25) is 0 Å². The van der Waals surface area contributed by atoms with E-state index in [1.54, 1.807) is 18.4 Å². The first-order chi connectivity index (χ1) is 14.4. The van der Waals surface area contributed by atoms with Gasteiger partial charge in [-0.3, -0.25) is 9.59 Å². The van der Waals surface area contributed by atoms with E-state index >= 15 is 0 Å². The van der Waals surface area contributed by atoms with E-state index in [4.69, 9.17) is 14.9 Å². The van der Waals surface area contributed by atoms with Gasteiger partial charge >= 0.3 is 0 Å². The van der Waals surface area contributed by atoms with E-state index in [1.165, 1.54) is 6.07 Å². The Morgan fingerprint density at radius 2 is 1.87 bits per heavy atom. The maximum Gasteiger partial charge on any atom is 0.199 e. The molecule has 2 heterocycles. The van der Waals surface area contributed by atoms with Crippen molar-refractivity contribution in [2.75, 3.05) is 12.8 Å². The number of fused-ring (bicyclic) bond motifs is 2. The molecule has 3 aromatic rings. The van der Waals surface area contributed by atoms with Gasteiger partial charge in [0, 0.05) is 38.4 Å². The van der Waals surface area contributed by atoms with E-state index in [0.29, 0.717) is 47.8 Å². The lowest BCUT2D eigenvalue weighted by atomic mass is 9.69. The monoisotopic (exact) mass is 423 g/mol. The highest BCUT2D eigenvalue weighted by molar-refractivity contribution is 7.17. The molecule has 0 unspecified atom stereocenters. The molecule has 156 valence electrons. The third-order valence-electron chi connectivity index (χ3n) is 6.22. The van der Waals surface area contributed by atoms with Crippen LogP contribution in [0.15, 0.2) is 50.2 Å². The van der Waals surface area contributed by atoms with E-state index in [2.05, 4.69) is 0 Å². The van der Waals surface area contributed by atoms with Gasteiger partial charge in [0.1, 0.15) is 22.8 Å². The SMILES string of the molecule is CCC1=C(OC)C(CC)(CC)c2oc(-c3csc4cc(N)ccc34)cc(=O)c2C1=O. The van der Waals surface area contributed by atoms with Gasteiger partial charge in [-0.05, 0) is 31.4 Å². The summed E-state index contributed by atoms with van der Waals surface area (Å²) < 4.78 is 13.2. The van der Waals surface area contributed by atoms with Crippen LogP contribution in [0.5, 0.6) is 0 Å². The molecule has 2 aromatic heterocycles. The number of rotatable bonds is 5. The first-order valence-electron chi connectivity index (χ1n) is 10.2. The van der Waals surface area contributed by atoms with Gasteiger partial charge in [0.05, 0.1) is 12.5 Å². The number of ether oxygens (including phenoxy) is 1. The predicted molar refractivity (Wildman–Crippen MR) is 121 cm³/mol. The number of ketones is 1. The van der Waals surface area contributed by atoms with Crippen LogP contribution in [0.4, 0.5) is 5.69 Å². The molecule has 1 aromatic carbocycles. The first-order valence-corrected chi connectivity index (χ1v) is 11.1. The molecule has 0 atom stereocenters. The van der Waals surface area contributed by atoms with Crippen molar-refractivity contribution in [3.63, 3.8) is 0 Å². The molecule has 0 fully saturated rings. The highest BCUT2D eigenvalue weighted by Gasteiger charge is 2.47. The molecule has 4 rings (SSSR count). The molecular weight excluding hydrogens is 398 g/mol. The normalized spacial score (nSPS) is 15.5. The van der Waals surface area contributed by atoms with Gasteiger partial charge in [-0.2, -0.15) is 0 Å². The Balaban J connectivity index is 2.04. The van der Waals surface area contributed by atoms with Crippen molar-refractivity contribution in [1.29, 1.82) is 0 Å². The second-order valence-corrected chi connectivity index (χ2v) is 8.48. The smallest absolute Gasteiger partial charge is 0.199 e. The second-order valence-electron chi connectivity index (χ2n) is 7.57. The van der Waals surface area contributed by atoms with Crippen molar-refractivity contribution in [1.82, 2.24) is 0 Å². The van der Waals surface area contributed by atoms with Crippen LogP contribution in [0.1, 0.15) is 56.2 Å². The average Bonchev–Trinajstić information content (AvgIpc) is 3.16. The fourth-order valence-electron chi connectivity index (χ4n) is 4.59. The molecule has 1 aliphatic carbocycles. The fourth-order valence-corrected chi connectivity index (χ4v) is 5.59. The third kappa shape index (κ3) is 2.74. The standard InChI is InChI=1S/C24H25NO4S/c1-5-14-21(27)20-17(26)11-18(16-12-30-19-10-13(25)8-9-15(16)19)29-23(20)24(6-2,7-3)22(14)28-4/h8-12H,5-7,25H2,1-4H3. The molecule has 0 spiro atoms. The summed E-state index contributed by atoms with van der Waals surface area (Å²) in [5.74, 6) is 1.22. The van der Waals surface area contributed by atoms with E-state index < -0.39 is 5.41 Å². The van der Waals surface area contributed by atoms with E-state index in [1.807, 2.05) is 44.4 Å². The summed E-state index contributed by atoms with van der Waals surface area (Å²) in [5, 5.41) is 2.93. The zero-order chi connectivity index (χ0) is 21.6. The van der Waals surface area contributed by atoms with Crippen molar-refractivity contribution in [3.05, 3.63) is 62.5 Å². The highest BCUT2D eigenvalue weighted by atomic mass is 32.1. The van der Waals surface area contributed by atoms with Gasteiger partial charge in [-0.25, -0.2) is 0 Å². The maximum atomic E-state index is 13.2. The minimum atomic E-state index is -0.644. The van der Waals surface area contributed by atoms with Crippen LogP contribution in [-0.4, -0.2) is 12.9 Å². The largest absolute Gasteiger partial charge is 0.500 e. The Bertz CT molecular complexity index is 1240. The molecule has 30 heavy (non-hydrogen) atoms. The van der Waals surface area contributed by atoms with Crippen molar-refractivity contribution < 1.29 is 13.9 Å². The molecule has 0 saturated carbocycles. The second kappa shape index (κ2) is 7.43. The molecule has 2 N–H and O–H groups in total.